The van der Waals surface area contributed by atoms with Crippen LogP contribution in [0.3, 0.4) is 0 Å². The predicted molar refractivity (Wildman–Crippen MR) is 200 cm³/mol. The topological polar surface area (TPSA) is 51.6 Å². The van der Waals surface area contributed by atoms with Crippen molar-refractivity contribution < 1.29 is 0 Å². The van der Waals surface area contributed by atoms with Crippen molar-refractivity contribution in [1.29, 1.82) is 0 Å². The normalized spacial score (nSPS) is 13.4. The van der Waals surface area contributed by atoms with Crippen LogP contribution in [0.2, 0.25) is 0 Å². The number of benzene rings is 4. The van der Waals surface area contributed by atoms with E-state index >= 15 is 0 Å². The molecule has 0 bridgehead atoms. The SMILES string of the molecule is CC(C)(C)c1ccnc(-c2cc(C3(c4cc(-c5ccccn5)c5cnccc5c4)c4ccccc4-c4ccccc43)cc3ccncc23)c1. The average molecular weight is 631 g/mol. The Balaban J connectivity index is 1.44. The Bertz CT molecular complexity index is 2500. The first-order valence-corrected chi connectivity index (χ1v) is 16.8. The molecule has 0 saturated carbocycles. The van der Waals surface area contributed by atoms with Crippen molar-refractivity contribution in [2.45, 2.75) is 31.6 Å². The Morgan fingerprint density at radius 2 is 1.02 bits per heavy atom. The van der Waals surface area contributed by atoms with Gasteiger partial charge in [0.25, 0.3) is 0 Å². The molecule has 0 amide bonds. The van der Waals surface area contributed by atoms with Crippen molar-refractivity contribution >= 4 is 21.5 Å². The third-order valence-corrected chi connectivity index (χ3v) is 10.2. The van der Waals surface area contributed by atoms with Crippen LogP contribution in [0.25, 0.3) is 55.2 Å². The van der Waals surface area contributed by atoms with Gasteiger partial charge in [0.05, 0.1) is 16.8 Å². The Morgan fingerprint density at radius 1 is 0.469 bits per heavy atom. The summed E-state index contributed by atoms with van der Waals surface area (Å²) in [6.07, 6.45) is 11.5. The van der Waals surface area contributed by atoms with Crippen molar-refractivity contribution in [3.05, 3.63) is 180 Å². The highest BCUT2D eigenvalue weighted by molar-refractivity contribution is 6.00. The number of hydrogen-bond donors (Lipinski definition) is 0. The van der Waals surface area contributed by atoms with E-state index in [1.807, 2.05) is 43.2 Å². The summed E-state index contributed by atoms with van der Waals surface area (Å²) in [5, 5.41) is 4.41. The first-order chi connectivity index (χ1) is 23.9. The smallest absolute Gasteiger partial charge is 0.0714 e. The Kier molecular flexibility index (Phi) is 6.57. The Morgan fingerprint density at radius 3 is 1.59 bits per heavy atom. The number of nitrogens with zero attached hydrogens (tertiary/aromatic N) is 4. The largest absolute Gasteiger partial charge is 0.264 e. The molecule has 4 heterocycles. The van der Waals surface area contributed by atoms with Crippen LogP contribution >= 0.6 is 0 Å². The molecule has 4 nitrogen and oxygen atoms in total. The maximum atomic E-state index is 4.98. The first kappa shape index (κ1) is 29.2. The van der Waals surface area contributed by atoms with Gasteiger partial charge in [0.2, 0.25) is 0 Å². The highest BCUT2D eigenvalue weighted by Crippen LogP contribution is 2.57. The number of aromatic nitrogens is 4. The van der Waals surface area contributed by atoms with E-state index in [1.165, 1.54) is 38.9 Å². The second-order valence-electron chi connectivity index (χ2n) is 14.0. The van der Waals surface area contributed by atoms with Crippen LogP contribution in [0, 0.1) is 0 Å². The summed E-state index contributed by atoms with van der Waals surface area (Å²) in [6.45, 7) is 6.74. The zero-order valence-corrected chi connectivity index (χ0v) is 27.7. The molecule has 0 saturated heterocycles. The van der Waals surface area contributed by atoms with Gasteiger partial charge in [-0.1, -0.05) is 75.4 Å². The molecule has 0 spiro atoms. The average Bonchev–Trinajstić information content (AvgIpc) is 3.45. The molecule has 4 aromatic carbocycles. The Labute approximate surface area is 286 Å². The molecule has 8 aromatic rings. The molecular weight excluding hydrogens is 597 g/mol. The molecule has 9 rings (SSSR count). The lowest BCUT2D eigenvalue weighted by Crippen LogP contribution is -2.29. The monoisotopic (exact) mass is 630 g/mol. The van der Waals surface area contributed by atoms with E-state index in [0.717, 1.165) is 44.1 Å². The van der Waals surface area contributed by atoms with Crippen molar-refractivity contribution in [2.75, 3.05) is 0 Å². The lowest BCUT2D eigenvalue weighted by atomic mass is 9.66. The molecule has 1 aliphatic carbocycles. The highest BCUT2D eigenvalue weighted by atomic mass is 14.7. The molecule has 1 aliphatic rings. The number of pyridine rings is 4. The third kappa shape index (κ3) is 4.51. The molecular formula is C45H34N4. The minimum Gasteiger partial charge on any atom is -0.264 e. The van der Waals surface area contributed by atoms with Gasteiger partial charge in [-0.25, -0.2) is 0 Å². The van der Waals surface area contributed by atoms with Crippen molar-refractivity contribution in [3.8, 4) is 33.6 Å². The van der Waals surface area contributed by atoms with Gasteiger partial charge in [0, 0.05) is 59.1 Å². The van der Waals surface area contributed by atoms with E-state index in [4.69, 9.17) is 9.97 Å². The summed E-state index contributed by atoms with van der Waals surface area (Å²) in [5.41, 5.74) is 12.0. The van der Waals surface area contributed by atoms with Crippen LogP contribution in [0.15, 0.2) is 152 Å². The molecule has 0 radical (unpaired) electrons. The maximum Gasteiger partial charge on any atom is 0.0714 e. The van der Waals surface area contributed by atoms with Crippen LogP contribution in [0.4, 0.5) is 0 Å². The van der Waals surface area contributed by atoms with Crippen molar-refractivity contribution in [2.24, 2.45) is 0 Å². The molecule has 4 heteroatoms. The quantitative estimate of drug-likeness (QED) is 0.194. The zero-order valence-electron chi connectivity index (χ0n) is 27.7. The van der Waals surface area contributed by atoms with Gasteiger partial charge in [-0.05, 0) is 116 Å². The minimum absolute atomic E-state index is 0.0181. The van der Waals surface area contributed by atoms with Gasteiger partial charge in [0.1, 0.15) is 0 Å². The van der Waals surface area contributed by atoms with Gasteiger partial charge in [-0.2, -0.15) is 0 Å². The molecule has 0 aliphatic heterocycles. The fourth-order valence-corrected chi connectivity index (χ4v) is 7.84. The van der Waals surface area contributed by atoms with E-state index < -0.39 is 5.41 Å². The summed E-state index contributed by atoms with van der Waals surface area (Å²) in [4.78, 5) is 18.9. The van der Waals surface area contributed by atoms with E-state index in [2.05, 4.69) is 140 Å². The second-order valence-corrected chi connectivity index (χ2v) is 14.0. The van der Waals surface area contributed by atoms with Crippen LogP contribution in [-0.2, 0) is 10.8 Å². The zero-order chi connectivity index (χ0) is 33.2. The number of rotatable bonds is 4. The molecule has 4 aromatic heterocycles. The first-order valence-electron chi connectivity index (χ1n) is 16.8. The van der Waals surface area contributed by atoms with E-state index in [0.29, 0.717) is 0 Å². The van der Waals surface area contributed by atoms with Crippen molar-refractivity contribution in [1.82, 2.24) is 19.9 Å². The summed E-state index contributed by atoms with van der Waals surface area (Å²) in [5.74, 6) is 0. The molecule has 234 valence electrons. The fourth-order valence-electron chi connectivity index (χ4n) is 7.84. The molecule has 0 atom stereocenters. The fraction of sp³-hybridized carbons (Fsp3) is 0.111. The lowest BCUT2D eigenvalue weighted by Gasteiger charge is -2.35. The molecule has 49 heavy (non-hydrogen) atoms. The highest BCUT2D eigenvalue weighted by Gasteiger charge is 2.46. The summed E-state index contributed by atoms with van der Waals surface area (Å²) >= 11 is 0. The van der Waals surface area contributed by atoms with Crippen molar-refractivity contribution in [3.63, 3.8) is 0 Å². The summed E-state index contributed by atoms with van der Waals surface area (Å²) in [7, 11) is 0. The standard InChI is InChI=1S/C45H34N4/c1-44(2,3)31-17-21-49-43(26-31)37-25-33(23-30-16-20-47-28-39(30)37)45(40-12-6-4-10-34(40)35-11-5-7-13-41(35)45)32-22-29-15-19-46-27-38(29)36(24-32)42-14-8-9-18-48-42/h4-28H,1-3H3. The van der Waals surface area contributed by atoms with Crippen LogP contribution in [-0.4, -0.2) is 19.9 Å². The van der Waals surface area contributed by atoms with Gasteiger partial charge >= 0.3 is 0 Å². The van der Waals surface area contributed by atoms with Gasteiger partial charge in [-0.3, -0.25) is 19.9 Å². The minimum atomic E-state index is -0.637. The molecule has 0 fully saturated rings. The van der Waals surface area contributed by atoms with E-state index in [9.17, 15) is 0 Å². The Hall–Kier alpha value is -6.00. The summed E-state index contributed by atoms with van der Waals surface area (Å²) < 4.78 is 0. The third-order valence-electron chi connectivity index (χ3n) is 10.2. The molecule has 0 unspecified atom stereocenters. The van der Waals surface area contributed by atoms with Crippen LogP contribution in [0.1, 0.15) is 48.6 Å². The van der Waals surface area contributed by atoms with Gasteiger partial charge in [0.15, 0.2) is 0 Å². The second kappa shape index (κ2) is 11.0. The van der Waals surface area contributed by atoms with E-state index in [-0.39, 0.29) is 5.41 Å². The van der Waals surface area contributed by atoms with Gasteiger partial charge < -0.3 is 0 Å². The van der Waals surface area contributed by atoms with Gasteiger partial charge in [-0.15, -0.1) is 0 Å². The lowest BCUT2D eigenvalue weighted by molar-refractivity contribution is 0.589. The maximum absolute atomic E-state index is 4.98. The van der Waals surface area contributed by atoms with Crippen LogP contribution in [0.5, 0.6) is 0 Å². The van der Waals surface area contributed by atoms with E-state index in [1.54, 1.807) is 0 Å². The summed E-state index contributed by atoms with van der Waals surface area (Å²) in [6, 6.07) is 41.9. The van der Waals surface area contributed by atoms with Crippen LogP contribution < -0.4 is 0 Å². The number of hydrogen-bond acceptors (Lipinski definition) is 4. The molecule has 0 N–H and O–H groups in total. The predicted octanol–water partition coefficient (Wildman–Crippen LogP) is 10.6. The number of fused-ring (bicyclic) bond motifs is 5.